The maximum absolute atomic E-state index is 7.61. The van der Waals surface area contributed by atoms with E-state index in [0.717, 1.165) is 0 Å². The van der Waals surface area contributed by atoms with E-state index in [4.69, 9.17) is 10.1 Å². The molecule has 7 nitrogen and oxygen atoms in total. The molecule has 0 aromatic carbocycles. The zero-order valence-corrected chi connectivity index (χ0v) is 11.4. The monoisotopic (exact) mass is 252 g/mol. The smallest absolute Gasteiger partial charge is 0.252 e. The zero-order valence-electron chi connectivity index (χ0n) is 11.4. The van der Waals surface area contributed by atoms with Gasteiger partial charge in [0, 0.05) is 12.1 Å². The molecule has 7 heteroatoms. The Balaban J connectivity index is 3.07. The summed E-state index contributed by atoms with van der Waals surface area (Å²) in [6.07, 6.45) is 0. The van der Waals surface area contributed by atoms with Crippen molar-refractivity contribution in [1.29, 1.82) is 5.41 Å². The van der Waals surface area contributed by atoms with Gasteiger partial charge in [0.15, 0.2) is 0 Å². The fourth-order valence-electron chi connectivity index (χ4n) is 1.21. The van der Waals surface area contributed by atoms with Crippen LogP contribution in [0.3, 0.4) is 0 Å². The van der Waals surface area contributed by atoms with E-state index in [1.165, 1.54) is 7.11 Å². The summed E-state index contributed by atoms with van der Waals surface area (Å²) in [5.74, 6) is 0.981. The second-order valence-electron chi connectivity index (χ2n) is 4.44. The van der Waals surface area contributed by atoms with Crippen molar-refractivity contribution >= 4 is 17.8 Å². The number of hydrogen-bond donors (Lipinski definition) is 3. The number of ether oxygens (including phenoxy) is 1. The maximum atomic E-state index is 7.61. The van der Waals surface area contributed by atoms with E-state index >= 15 is 0 Å². The van der Waals surface area contributed by atoms with Crippen molar-refractivity contribution in [2.45, 2.75) is 39.8 Å². The molecule has 3 N–H and O–H groups in total. The minimum absolute atomic E-state index is 0.0870. The standard InChI is InChI=1S/C11H20N6O/c1-6(2)13-10-15-9(8(12)18-5)16-11(17-10)14-7(3)4/h6-7,12H,1-5H3,(H2,13,14,15,16,17). The lowest BCUT2D eigenvalue weighted by molar-refractivity contribution is 0.397. The summed E-state index contributed by atoms with van der Waals surface area (Å²) >= 11 is 0. The Kier molecular flexibility index (Phi) is 4.82. The topological polar surface area (TPSA) is 95.8 Å². The largest absolute Gasteiger partial charge is 0.479 e. The van der Waals surface area contributed by atoms with Gasteiger partial charge < -0.3 is 15.4 Å². The fraction of sp³-hybridized carbons (Fsp3) is 0.636. The second-order valence-corrected chi connectivity index (χ2v) is 4.44. The van der Waals surface area contributed by atoms with Crippen LogP contribution in [0.1, 0.15) is 33.5 Å². The molecule has 0 saturated carbocycles. The van der Waals surface area contributed by atoms with Crippen molar-refractivity contribution in [1.82, 2.24) is 15.0 Å². The van der Waals surface area contributed by atoms with Gasteiger partial charge in [0.1, 0.15) is 0 Å². The van der Waals surface area contributed by atoms with Gasteiger partial charge in [-0.2, -0.15) is 15.0 Å². The Labute approximate surface area is 107 Å². The lowest BCUT2D eigenvalue weighted by atomic mass is 10.4. The van der Waals surface area contributed by atoms with Crippen molar-refractivity contribution in [3.05, 3.63) is 5.82 Å². The van der Waals surface area contributed by atoms with Gasteiger partial charge in [-0.1, -0.05) is 0 Å². The maximum Gasteiger partial charge on any atom is 0.252 e. The third-order valence-corrected chi connectivity index (χ3v) is 1.88. The van der Waals surface area contributed by atoms with Crippen LogP contribution in [0.25, 0.3) is 0 Å². The van der Waals surface area contributed by atoms with Gasteiger partial charge in [-0.05, 0) is 27.7 Å². The summed E-state index contributed by atoms with van der Waals surface area (Å²) in [4.78, 5) is 12.5. The Morgan fingerprint density at radius 2 is 1.44 bits per heavy atom. The third-order valence-electron chi connectivity index (χ3n) is 1.88. The molecule has 0 aliphatic rings. The van der Waals surface area contributed by atoms with E-state index in [1.54, 1.807) is 0 Å². The molecule has 0 unspecified atom stereocenters. The SMILES string of the molecule is COC(=N)c1nc(NC(C)C)nc(NC(C)C)n1. The molecule has 0 amide bonds. The van der Waals surface area contributed by atoms with Crippen LogP contribution in [0.15, 0.2) is 0 Å². The molecule has 1 rings (SSSR count). The first-order valence-electron chi connectivity index (χ1n) is 5.84. The molecule has 0 atom stereocenters. The Hall–Kier alpha value is -1.92. The van der Waals surface area contributed by atoms with Gasteiger partial charge in [0.25, 0.3) is 5.90 Å². The number of nitrogens with one attached hydrogen (secondary N) is 3. The first-order valence-corrected chi connectivity index (χ1v) is 5.84. The van der Waals surface area contributed by atoms with Crippen LogP contribution in [0.4, 0.5) is 11.9 Å². The summed E-state index contributed by atoms with van der Waals surface area (Å²) in [5.41, 5.74) is 0. The van der Waals surface area contributed by atoms with E-state index in [-0.39, 0.29) is 23.8 Å². The van der Waals surface area contributed by atoms with Gasteiger partial charge in [-0.15, -0.1) is 0 Å². The van der Waals surface area contributed by atoms with E-state index in [0.29, 0.717) is 11.9 Å². The van der Waals surface area contributed by atoms with Crippen LogP contribution in [0, 0.1) is 5.41 Å². The average molecular weight is 252 g/mol. The minimum atomic E-state index is -0.0870. The van der Waals surface area contributed by atoms with E-state index in [9.17, 15) is 0 Å². The summed E-state index contributed by atoms with van der Waals surface area (Å²) in [5, 5.41) is 13.8. The molecule has 0 bridgehead atoms. The van der Waals surface area contributed by atoms with Crippen molar-refractivity contribution in [3.8, 4) is 0 Å². The predicted octanol–water partition coefficient (Wildman–Crippen LogP) is 1.48. The molecule has 0 aliphatic carbocycles. The van der Waals surface area contributed by atoms with Crippen LogP contribution in [0.5, 0.6) is 0 Å². The van der Waals surface area contributed by atoms with Gasteiger partial charge in [0.2, 0.25) is 17.7 Å². The lowest BCUT2D eigenvalue weighted by Gasteiger charge is -2.13. The average Bonchev–Trinajstić information content (AvgIpc) is 2.25. The molecule has 0 saturated heterocycles. The number of methoxy groups -OCH3 is 1. The van der Waals surface area contributed by atoms with Crippen molar-refractivity contribution in [2.75, 3.05) is 17.7 Å². The highest BCUT2D eigenvalue weighted by Crippen LogP contribution is 2.08. The van der Waals surface area contributed by atoms with Crippen LogP contribution in [0.2, 0.25) is 0 Å². The third kappa shape index (κ3) is 4.15. The van der Waals surface area contributed by atoms with Gasteiger partial charge >= 0.3 is 0 Å². The van der Waals surface area contributed by atoms with Gasteiger partial charge in [-0.25, -0.2) is 0 Å². The molecule has 100 valence electrons. The van der Waals surface area contributed by atoms with Crippen molar-refractivity contribution in [2.24, 2.45) is 0 Å². The van der Waals surface area contributed by atoms with Crippen LogP contribution < -0.4 is 10.6 Å². The highest BCUT2D eigenvalue weighted by Gasteiger charge is 2.12. The minimum Gasteiger partial charge on any atom is -0.479 e. The van der Waals surface area contributed by atoms with E-state index < -0.39 is 0 Å². The summed E-state index contributed by atoms with van der Waals surface area (Å²) in [7, 11) is 1.41. The molecular weight excluding hydrogens is 232 g/mol. The lowest BCUT2D eigenvalue weighted by Crippen LogP contribution is -2.20. The van der Waals surface area contributed by atoms with Gasteiger partial charge in [0.05, 0.1) is 7.11 Å². The highest BCUT2D eigenvalue weighted by molar-refractivity contribution is 5.87. The van der Waals surface area contributed by atoms with Crippen LogP contribution >= 0.6 is 0 Å². The Morgan fingerprint density at radius 1 is 1.00 bits per heavy atom. The number of rotatable bonds is 5. The zero-order chi connectivity index (χ0) is 13.7. The fourth-order valence-corrected chi connectivity index (χ4v) is 1.21. The number of anilines is 2. The van der Waals surface area contributed by atoms with Crippen molar-refractivity contribution < 1.29 is 4.74 Å². The molecule has 0 aliphatic heterocycles. The summed E-state index contributed by atoms with van der Waals surface area (Å²) in [6, 6.07) is 0.396. The van der Waals surface area contributed by atoms with E-state index in [2.05, 4.69) is 25.6 Å². The molecule has 0 fully saturated rings. The Bertz CT molecular complexity index is 390. The number of hydrogen-bond acceptors (Lipinski definition) is 7. The number of aromatic nitrogens is 3. The number of nitrogens with zero attached hydrogens (tertiary/aromatic N) is 3. The summed E-state index contributed by atoms with van der Waals surface area (Å²) in [6.45, 7) is 7.95. The molecule has 0 spiro atoms. The van der Waals surface area contributed by atoms with Crippen LogP contribution in [-0.2, 0) is 4.74 Å². The van der Waals surface area contributed by atoms with Gasteiger partial charge in [-0.3, -0.25) is 5.41 Å². The normalized spacial score (nSPS) is 10.6. The first kappa shape index (κ1) is 14.1. The molecule has 1 aromatic heterocycles. The molecule has 18 heavy (non-hydrogen) atoms. The second kappa shape index (κ2) is 6.13. The van der Waals surface area contributed by atoms with Crippen LogP contribution in [-0.4, -0.2) is 40.0 Å². The first-order chi connectivity index (χ1) is 8.42. The van der Waals surface area contributed by atoms with Crippen molar-refractivity contribution in [3.63, 3.8) is 0 Å². The Morgan fingerprint density at radius 3 is 1.78 bits per heavy atom. The summed E-state index contributed by atoms with van der Waals surface area (Å²) < 4.78 is 4.83. The molecule has 1 aromatic rings. The highest BCUT2D eigenvalue weighted by atomic mass is 16.5. The quantitative estimate of drug-likeness (QED) is 0.542. The van der Waals surface area contributed by atoms with E-state index in [1.807, 2.05) is 27.7 Å². The molecule has 1 heterocycles. The molecule has 0 radical (unpaired) electrons. The molecular formula is C11H20N6O. The predicted molar refractivity (Wildman–Crippen MR) is 71.2 cm³/mol.